The summed E-state index contributed by atoms with van der Waals surface area (Å²) in [5, 5.41) is 10.2. The molecular formula is C20H32O. The first-order valence-corrected chi connectivity index (χ1v) is 8.99. The summed E-state index contributed by atoms with van der Waals surface area (Å²) in [6.07, 6.45) is 16.7. The van der Waals surface area contributed by atoms with Gasteiger partial charge in [-0.15, -0.1) is 0 Å². The number of rotatable bonds is 8. The number of hydrogen-bond donors (Lipinski definition) is 1. The molecule has 1 nitrogen and oxygen atoms in total. The van der Waals surface area contributed by atoms with Crippen LogP contribution in [0.15, 0.2) is 0 Å². The van der Waals surface area contributed by atoms with Crippen LogP contribution in [0.1, 0.15) is 96.8 Å². The Hall–Kier alpha value is -0.920. The number of unbranched alkanes of at least 4 members (excludes halogenated alkanes) is 8. The van der Waals surface area contributed by atoms with E-state index in [2.05, 4.69) is 30.6 Å². The first kappa shape index (κ1) is 18.1. The van der Waals surface area contributed by atoms with Crippen molar-refractivity contribution in [3.8, 4) is 23.7 Å². The fraction of sp³-hybridized carbons (Fsp3) is 0.800. The van der Waals surface area contributed by atoms with Gasteiger partial charge >= 0.3 is 0 Å². The zero-order valence-electron chi connectivity index (χ0n) is 13.8. The topological polar surface area (TPSA) is 20.2 Å². The van der Waals surface area contributed by atoms with Gasteiger partial charge in [0.15, 0.2) is 0 Å². The van der Waals surface area contributed by atoms with E-state index >= 15 is 0 Å². The predicted octanol–water partition coefficient (Wildman–Crippen LogP) is 5.22. The molecule has 1 fully saturated rings. The first-order chi connectivity index (χ1) is 10.3. The summed E-state index contributed by atoms with van der Waals surface area (Å²) in [5.74, 6) is 11.8. The van der Waals surface area contributed by atoms with Crippen LogP contribution in [0.25, 0.3) is 0 Å². The highest BCUT2D eigenvalue weighted by atomic mass is 16.3. The molecule has 0 heterocycles. The van der Waals surface area contributed by atoms with Gasteiger partial charge < -0.3 is 5.11 Å². The van der Waals surface area contributed by atoms with Crippen LogP contribution in [0, 0.1) is 23.7 Å². The van der Waals surface area contributed by atoms with E-state index in [0.717, 1.165) is 32.1 Å². The SMILES string of the molecule is CCCCCCCCCCC#CC#CC1(O)CCCCC1. The molecule has 0 aromatic heterocycles. The molecule has 1 aliphatic rings. The molecule has 0 aromatic carbocycles. The van der Waals surface area contributed by atoms with Crippen molar-refractivity contribution in [2.45, 2.75) is 102 Å². The van der Waals surface area contributed by atoms with Crippen molar-refractivity contribution in [3.05, 3.63) is 0 Å². The van der Waals surface area contributed by atoms with E-state index in [4.69, 9.17) is 0 Å². The lowest BCUT2D eigenvalue weighted by molar-refractivity contribution is 0.0610. The largest absolute Gasteiger partial charge is 0.378 e. The summed E-state index contributed by atoms with van der Waals surface area (Å²) in [5.41, 5.74) is -0.745. The molecule has 1 N–H and O–H groups in total. The average Bonchev–Trinajstić information content (AvgIpc) is 2.49. The van der Waals surface area contributed by atoms with Crippen molar-refractivity contribution in [1.29, 1.82) is 0 Å². The second-order valence-corrected chi connectivity index (χ2v) is 6.37. The van der Waals surface area contributed by atoms with E-state index < -0.39 is 5.60 Å². The third kappa shape index (κ3) is 9.60. The molecule has 0 unspecified atom stereocenters. The average molecular weight is 288 g/mol. The number of aliphatic hydroxyl groups is 1. The molecule has 0 radical (unpaired) electrons. The summed E-state index contributed by atoms with van der Waals surface area (Å²) in [6, 6.07) is 0. The van der Waals surface area contributed by atoms with Crippen LogP contribution in [0.4, 0.5) is 0 Å². The molecule has 0 saturated heterocycles. The molecule has 1 heteroatoms. The van der Waals surface area contributed by atoms with Gasteiger partial charge in [0.2, 0.25) is 0 Å². The second kappa shape index (κ2) is 11.7. The van der Waals surface area contributed by atoms with E-state index in [1.165, 1.54) is 57.8 Å². The van der Waals surface area contributed by atoms with E-state index in [-0.39, 0.29) is 0 Å². The van der Waals surface area contributed by atoms with Gasteiger partial charge in [0.25, 0.3) is 0 Å². The molecule has 0 spiro atoms. The second-order valence-electron chi connectivity index (χ2n) is 6.37. The summed E-state index contributed by atoms with van der Waals surface area (Å²) in [4.78, 5) is 0. The van der Waals surface area contributed by atoms with Crippen LogP contribution in [0.3, 0.4) is 0 Å². The van der Waals surface area contributed by atoms with Crippen LogP contribution in [0.5, 0.6) is 0 Å². The quantitative estimate of drug-likeness (QED) is 0.479. The molecule has 0 aliphatic heterocycles. The minimum Gasteiger partial charge on any atom is -0.378 e. The molecule has 118 valence electrons. The smallest absolute Gasteiger partial charge is 0.126 e. The van der Waals surface area contributed by atoms with Gasteiger partial charge in [-0.25, -0.2) is 0 Å². The molecule has 1 saturated carbocycles. The summed E-state index contributed by atoms with van der Waals surface area (Å²) >= 11 is 0. The van der Waals surface area contributed by atoms with Crippen molar-refractivity contribution in [2.75, 3.05) is 0 Å². The lowest BCUT2D eigenvalue weighted by atomic mass is 9.85. The van der Waals surface area contributed by atoms with E-state index in [9.17, 15) is 5.11 Å². The van der Waals surface area contributed by atoms with Crippen LogP contribution in [-0.4, -0.2) is 10.7 Å². The normalized spacial score (nSPS) is 16.5. The highest BCUT2D eigenvalue weighted by Crippen LogP contribution is 2.26. The summed E-state index contributed by atoms with van der Waals surface area (Å²) in [6.45, 7) is 2.26. The Morgan fingerprint density at radius 3 is 2.10 bits per heavy atom. The van der Waals surface area contributed by atoms with Crippen molar-refractivity contribution in [3.63, 3.8) is 0 Å². The Labute approximate surface area is 131 Å². The molecule has 0 amide bonds. The molecule has 1 rings (SSSR count). The lowest BCUT2D eigenvalue weighted by Gasteiger charge is -2.26. The summed E-state index contributed by atoms with van der Waals surface area (Å²) < 4.78 is 0. The van der Waals surface area contributed by atoms with Crippen molar-refractivity contribution >= 4 is 0 Å². The highest BCUT2D eigenvalue weighted by Gasteiger charge is 2.26. The molecule has 21 heavy (non-hydrogen) atoms. The minimum atomic E-state index is -0.745. The van der Waals surface area contributed by atoms with Gasteiger partial charge in [0.1, 0.15) is 5.60 Å². The molecule has 0 atom stereocenters. The Balaban J connectivity index is 2.01. The van der Waals surface area contributed by atoms with Crippen LogP contribution >= 0.6 is 0 Å². The minimum absolute atomic E-state index is 0.745. The van der Waals surface area contributed by atoms with Gasteiger partial charge in [0.05, 0.1) is 0 Å². The van der Waals surface area contributed by atoms with Crippen molar-refractivity contribution in [1.82, 2.24) is 0 Å². The lowest BCUT2D eigenvalue weighted by Crippen LogP contribution is -2.29. The van der Waals surface area contributed by atoms with Gasteiger partial charge in [-0.05, 0) is 43.9 Å². The third-order valence-electron chi connectivity index (χ3n) is 4.28. The number of hydrogen-bond acceptors (Lipinski definition) is 1. The van der Waals surface area contributed by atoms with Gasteiger partial charge in [-0.2, -0.15) is 0 Å². The van der Waals surface area contributed by atoms with E-state index in [0.29, 0.717) is 0 Å². The van der Waals surface area contributed by atoms with Crippen LogP contribution in [0.2, 0.25) is 0 Å². The van der Waals surface area contributed by atoms with Crippen LogP contribution in [-0.2, 0) is 0 Å². The van der Waals surface area contributed by atoms with E-state index in [1.807, 2.05) is 0 Å². The zero-order valence-corrected chi connectivity index (χ0v) is 13.8. The molecule has 0 aromatic rings. The van der Waals surface area contributed by atoms with Crippen molar-refractivity contribution in [2.24, 2.45) is 0 Å². The monoisotopic (exact) mass is 288 g/mol. The zero-order chi connectivity index (χ0) is 15.2. The maximum atomic E-state index is 10.2. The third-order valence-corrected chi connectivity index (χ3v) is 4.28. The summed E-state index contributed by atoms with van der Waals surface area (Å²) in [7, 11) is 0. The fourth-order valence-corrected chi connectivity index (χ4v) is 2.86. The maximum absolute atomic E-state index is 10.2. The first-order valence-electron chi connectivity index (χ1n) is 8.99. The highest BCUT2D eigenvalue weighted by molar-refractivity contribution is 5.30. The molecular weight excluding hydrogens is 256 g/mol. The van der Waals surface area contributed by atoms with E-state index in [1.54, 1.807) is 0 Å². The predicted molar refractivity (Wildman–Crippen MR) is 90.8 cm³/mol. The Morgan fingerprint density at radius 2 is 1.43 bits per heavy atom. The fourth-order valence-electron chi connectivity index (χ4n) is 2.86. The van der Waals surface area contributed by atoms with Gasteiger partial charge in [-0.1, -0.05) is 70.1 Å². The Bertz CT molecular complexity index is 368. The molecule has 1 aliphatic carbocycles. The van der Waals surface area contributed by atoms with Gasteiger partial charge in [0, 0.05) is 6.42 Å². The Kier molecular flexibility index (Phi) is 10.1. The molecule has 0 bridgehead atoms. The van der Waals surface area contributed by atoms with Crippen LogP contribution < -0.4 is 0 Å². The standard InChI is InChI=1S/C20H32O/c1-2-3-4-5-6-7-8-9-10-11-12-14-17-20(21)18-15-13-16-19-20/h21H,2-10,13,15-16,18-19H2,1H3. The Morgan fingerprint density at radius 1 is 0.810 bits per heavy atom. The van der Waals surface area contributed by atoms with Crippen molar-refractivity contribution < 1.29 is 5.11 Å². The maximum Gasteiger partial charge on any atom is 0.126 e. The van der Waals surface area contributed by atoms with Gasteiger partial charge in [-0.3, -0.25) is 0 Å².